The van der Waals surface area contributed by atoms with E-state index in [0.29, 0.717) is 24.4 Å². The highest BCUT2D eigenvalue weighted by Gasteiger charge is 2.24. The van der Waals surface area contributed by atoms with Gasteiger partial charge < -0.3 is 9.84 Å². The SMILES string of the molecule is CCC(=O)c1c(Cc2ccccc2)noc1CC1CCCCN1. The molecular formula is C19H24N2O2. The molecule has 0 radical (unpaired) electrons. The summed E-state index contributed by atoms with van der Waals surface area (Å²) in [5, 5.41) is 7.73. The number of Topliss-reactive ketones (excluding diaryl/α,β-unsaturated/α-hetero) is 1. The van der Waals surface area contributed by atoms with Gasteiger partial charge in [0.2, 0.25) is 0 Å². The van der Waals surface area contributed by atoms with Crippen molar-refractivity contribution in [2.45, 2.75) is 51.5 Å². The molecule has 1 aliphatic rings. The van der Waals surface area contributed by atoms with Crippen LogP contribution in [0.1, 0.15) is 60.0 Å². The fourth-order valence-corrected chi connectivity index (χ4v) is 3.23. The zero-order chi connectivity index (χ0) is 16.1. The second-order valence-corrected chi connectivity index (χ2v) is 6.22. The van der Waals surface area contributed by atoms with Gasteiger partial charge in [0.1, 0.15) is 5.76 Å². The van der Waals surface area contributed by atoms with Crippen molar-refractivity contribution in [2.24, 2.45) is 0 Å². The van der Waals surface area contributed by atoms with Gasteiger partial charge in [-0.2, -0.15) is 0 Å². The average molecular weight is 312 g/mol. The summed E-state index contributed by atoms with van der Waals surface area (Å²) < 4.78 is 5.58. The third kappa shape index (κ3) is 3.88. The zero-order valence-corrected chi connectivity index (χ0v) is 13.7. The maximum absolute atomic E-state index is 12.4. The van der Waals surface area contributed by atoms with Crippen LogP contribution in [0.25, 0.3) is 0 Å². The number of hydrogen-bond donors (Lipinski definition) is 1. The molecule has 2 aromatic rings. The minimum absolute atomic E-state index is 0.128. The predicted molar refractivity (Wildman–Crippen MR) is 89.7 cm³/mol. The zero-order valence-electron chi connectivity index (χ0n) is 13.7. The van der Waals surface area contributed by atoms with Gasteiger partial charge in [0.15, 0.2) is 5.78 Å². The lowest BCUT2D eigenvalue weighted by atomic mass is 9.95. The fraction of sp³-hybridized carbons (Fsp3) is 0.474. The van der Waals surface area contributed by atoms with Crippen molar-refractivity contribution in [1.29, 1.82) is 0 Å². The van der Waals surface area contributed by atoms with Gasteiger partial charge in [-0.15, -0.1) is 0 Å². The number of nitrogens with one attached hydrogen (secondary N) is 1. The van der Waals surface area contributed by atoms with E-state index in [-0.39, 0.29) is 5.78 Å². The van der Waals surface area contributed by atoms with Gasteiger partial charge in [-0.3, -0.25) is 4.79 Å². The molecule has 4 heteroatoms. The molecule has 0 spiro atoms. The summed E-state index contributed by atoms with van der Waals surface area (Å²) in [4.78, 5) is 12.4. The van der Waals surface area contributed by atoms with E-state index in [9.17, 15) is 4.79 Å². The fourth-order valence-electron chi connectivity index (χ4n) is 3.23. The van der Waals surface area contributed by atoms with Gasteiger partial charge in [-0.05, 0) is 24.9 Å². The topological polar surface area (TPSA) is 55.1 Å². The lowest BCUT2D eigenvalue weighted by molar-refractivity contribution is 0.0985. The first-order valence-corrected chi connectivity index (χ1v) is 8.56. The summed E-state index contributed by atoms with van der Waals surface area (Å²) in [6, 6.07) is 10.5. The summed E-state index contributed by atoms with van der Waals surface area (Å²) >= 11 is 0. The molecule has 0 amide bonds. The lowest BCUT2D eigenvalue weighted by Crippen LogP contribution is -2.35. The van der Waals surface area contributed by atoms with Crippen LogP contribution in [-0.4, -0.2) is 23.5 Å². The summed E-state index contributed by atoms with van der Waals surface area (Å²) in [7, 11) is 0. The molecule has 2 heterocycles. The number of ketones is 1. The monoisotopic (exact) mass is 312 g/mol. The lowest BCUT2D eigenvalue weighted by Gasteiger charge is -2.22. The number of carbonyl (C=O) groups is 1. The highest BCUT2D eigenvalue weighted by Crippen LogP contribution is 2.23. The Morgan fingerprint density at radius 1 is 1.30 bits per heavy atom. The summed E-state index contributed by atoms with van der Waals surface area (Å²) in [5.41, 5.74) is 2.63. The molecule has 1 unspecified atom stereocenters. The second kappa shape index (κ2) is 7.55. The first kappa shape index (κ1) is 15.9. The highest BCUT2D eigenvalue weighted by atomic mass is 16.5. The Hall–Kier alpha value is -1.94. The molecule has 1 saturated heterocycles. The van der Waals surface area contributed by atoms with Crippen LogP contribution in [0.15, 0.2) is 34.9 Å². The Labute approximate surface area is 137 Å². The van der Waals surface area contributed by atoms with E-state index >= 15 is 0 Å². The number of carbonyl (C=O) groups excluding carboxylic acids is 1. The van der Waals surface area contributed by atoms with Crippen LogP contribution in [0.5, 0.6) is 0 Å². The number of piperidine rings is 1. The van der Waals surface area contributed by atoms with Gasteiger partial charge in [0, 0.05) is 25.3 Å². The minimum Gasteiger partial charge on any atom is -0.360 e. The second-order valence-electron chi connectivity index (χ2n) is 6.22. The first-order valence-electron chi connectivity index (χ1n) is 8.56. The molecule has 1 fully saturated rings. The standard InChI is InChI=1S/C19H24N2O2/c1-2-17(22)19-16(12-14-8-4-3-5-9-14)21-23-18(19)13-15-10-6-7-11-20-15/h3-5,8-9,15,20H,2,6-7,10-13H2,1H3. The molecule has 1 N–H and O–H groups in total. The Bertz CT molecular complexity index is 643. The van der Waals surface area contributed by atoms with Gasteiger partial charge in [0.05, 0.1) is 11.3 Å². The normalized spacial score (nSPS) is 18.0. The van der Waals surface area contributed by atoms with Crippen molar-refractivity contribution in [3.05, 3.63) is 52.9 Å². The van der Waals surface area contributed by atoms with Crippen molar-refractivity contribution in [3.63, 3.8) is 0 Å². The van der Waals surface area contributed by atoms with Crippen LogP contribution in [0.3, 0.4) is 0 Å². The largest absolute Gasteiger partial charge is 0.360 e. The molecule has 122 valence electrons. The minimum atomic E-state index is 0.128. The average Bonchev–Trinajstić information content (AvgIpc) is 2.98. The third-order valence-electron chi connectivity index (χ3n) is 4.49. The molecule has 23 heavy (non-hydrogen) atoms. The molecule has 0 bridgehead atoms. The Kier molecular flexibility index (Phi) is 5.23. The van der Waals surface area contributed by atoms with E-state index in [2.05, 4.69) is 22.6 Å². The molecule has 4 nitrogen and oxygen atoms in total. The summed E-state index contributed by atoms with van der Waals surface area (Å²) in [6.07, 6.45) is 5.47. The van der Waals surface area contributed by atoms with E-state index in [1.165, 1.54) is 12.8 Å². The maximum atomic E-state index is 12.4. The molecule has 1 aromatic heterocycles. The molecule has 0 aliphatic carbocycles. The number of aromatic nitrogens is 1. The van der Waals surface area contributed by atoms with Gasteiger partial charge in [-0.25, -0.2) is 0 Å². The summed E-state index contributed by atoms with van der Waals surface area (Å²) in [5.74, 6) is 0.880. The predicted octanol–water partition coefficient (Wildman–Crippen LogP) is 3.54. The quantitative estimate of drug-likeness (QED) is 0.829. The van der Waals surface area contributed by atoms with E-state index in [4.69, 9.17) is 4.52 Å². The van der Waals surface area contributed by atoms with E-state index in [1.807, 2.05) is 25.1 Å². The number of hydrogen-bond acceptors (Lipinski definition) is 4. The molecule has 1 aromatic carbocycles. The maximum Gasteiger partial charge on any atom is 0.168 e. The highest BCUT2D eigenvalue weighted by molar-refractivity contribution is 5.97. The number of benzene rings is 1. The van der Waals surface area contributed by atoms with Crippen LogP contribution in [-0.2, 0) is 12.8 Å². The van der Waals surface area contributed by atoms with Crippen molar-refractivity contribution >= 4 is 5.78 Å². The van der Waals surface area contributed by atoms with E-state index in [1.54, 1.807) is 0 Å². The summed E-state index contributed by atoms with van der Waals surface area (Å²) in [6.45, 7) is 2.94. The van der Waals surface area contributed by atoms with Crippen LogP contribution in [0, 0.1) is 0 Å². The Morgan fingerprint density at radius 3 is 2.83 bits per heavy atom. The van der Waals surface area contributed by atoms with Crippen molar-refractivity contribution < 1.29 is 9.32 Å². The van der Waals surface area contributed by atoms with Gasteiger partial charge in [-0.1, -0.05) is 48.8 Å². The number of nitrogens with zero attached hydrogens (tertiary/aromatic N) is 1. The molecule has 3 rings (SSSR count). The molecule has 1 atom stereocenters. The Morgan fingerprint density at radius 2 is 2.13 bits per heavy atom. The molecule has 0 saturated carbocycles. The van der Waals surface area contributed by atoms with E-state index < -0.39 is 0 Å². The van der Waals surface area contributed by atoms with Crippen molar-refractivity contribution in [1.82, 2.24) is 10.5 Å². The van der Waals surface area contributed by atoms with Crippen LogP contribution >= 0.6 is 0 Å². The van der Waals surface area contributed by atoms with Crippen LogP contribution < -0.4 is 5.32 Å². The van der Waals surface area contributed by atoms with Crippen LogP contribution in [0.4, 0.5) is 0 Å². The van der Waals surface area contributed by atoms with Crippen molar-refractivity contribution in [3.8, 4) is 0 Å². The smallest absolute Gasteiger partial charge is 0.168 e. The van der Waals surface area contributed by atoms with E-state index in [0.717, 1.165) is 36.4 Å². The number of rotatable bonds is 6. The van der Waals surface area contributed by atoms with Gasteiger partial charge >= 0.3 is 0 Å². The Balaban J connectivity index is 1.83. The molecule has 1 aliphatic heterocycles. The molecular weight excluding hydrogens is 288 g/mol. The third-order valence-corrected chi connectivity index (χ3v) is 4.49. The first-order chi connectivity index (χ1) is 11.3. The van der Waals surface area contributed by atoms with Gasteiger partial charge in [0.25, 0.3) is 0 Å². The van der Waals surface area contributed by atoms with Crippen molar-refractivity contribution in [2.75, 3.05) is 6.54 Å². The van der Waals surface area contributed by atoms with Crippen LogP contribution in [0.2, 0.25) is 0 Å².